The van der Waals surface area contributed by atoms with Crippen molar-refractivity contribution in [3.63, 3.8) is 0 Å². The van der Waals surface area contributed by atoms with Crippen molar-refractivity contribution >= 4 is 21.8 Å². The second kappa shape index (κ2) is 9.82. The van der Waals surface area contributed by atoms with Gasteiger partial charge in [-0.15, -0.1) is 0 Å². The molecule has 1 aliphatic rings. The van der Waals surface area contributed by atoms with Gasteiger partial charge in [0.2, 0.25) is 21.8 Å². The predicted molar refractivity (Wildman–Crippen MR) is 126 cm³/mol. The van der Waals surface area contributed by atoms with Crippen molar-refractivity contribution in [2.24, 2.45) is 0 Å². The highest BCUT2D eigenvalue weighted by Crippen LogP contribution is 2.28. The molecule has 0 radical (unpaired) electrons. The van der Waals surface area contributed by atoms with Crippen molar-refractivity contribution in [1.82, 2.24) is 14.5 Å². The standard InChI is InChI=1S/C25H27N3O5S/c1-25(24(30)26-17-20-9-4-2-5-10-20)19-27(34(31,32)22-12-6-3-7-13-22)18-23(29)28(25)15-14-21-11-8-16-33-21/h2-13,16H,14-15,17-19H2,1H3,(H,26,30)/t25-/m1/s1. The Morgan fingerprint density at radius 3 is 2.35 bits per heavy atom. The van der Waals surface area contributed by atoms with Crippen molar-refractivity contribution in [3.8, 4) is 0 Å². The Labute approximate surface area is 199 Å². The van der Waals surface area contributed by atoms with Gasteiger partial charge in [-0.2, -0.15) is 4.31 Å². The van der Waals surface area contributed by atoms with E-state index in [4.69, 9.17) is 4.42 Å². The Morgan fingerprint density at radius 2 is 1.71 bits per heavy atom. The lowest BCUT2D eigenvalue weighted by Gasteiger charge is -2.46. The van der Waals surface area contributed by atoms with Crippen LogP contribution in [0.1, 0.15) is 18.2 Å². The first-order valence-corrected chi connectivity index (χ1v) is 12.4. The molecule has 2 heterocycles. The number of benzene rings is 2. The van der Waals surface area contributed by atoms with E-state index >= 15 is 0 Å². The third-order valence-corrected chi connectivity index (χ3v) is 7.83. The summed E-state index contributed by atoms with van der Waals surface area (Å²) >= 11 is 0. The molecule has 1 N–H and O–H groups in total. The zero-order valence-electron chi connectivity index (χ0n) is 18.9. The highest BCUT2D eigenvalue weighted by atomic mass is 32.2. The quantitative estimate of drug-likeness (QED) is 0.533. The maximum Gasteiger partial charge on any atom is 0.247 e. The number of nitrogens with one attached hydrogen (secondary N) is 1. The third kappa shape index (κ3) is 4.90. The van der Waals surface area contributed by atoms with Crippen LogP contribution in [-0.2, 0) is 32.6 Å². The molecular weight excluding hydrogens is 454 g/mol. The van der Waals surface area contributed by atoms with Crippen LogP contribution in [0.2, 0.25) is 0 Å². The number of carbonyl (C=O) groups is 2. The van der Waals surface area contributed by atoms with Crippen molar-refractivity contribution < 1.29 is 22.4 Å². The molecule has 2 aromatic carbocycles. The molecular formula is C25H27N3O5S. The van der Waals surface area contributed by atoms with E-state index in [-0.39, 0.29) is 31.1 Å². The van der Waals surface area contributed by atoms with Crippen LogP contribution < -0.4 is 5.32 Å². The first-order chi connectivity index (χ1) is 16.3. The molecule has 34 heavy (non-hydrogen) atoms. The molecule has 1 atom stereocenters. The zero-order valence-corrected chi connectivity index (χ0v) is 19.7. The lowest BCUT2D eigenvalue weighted by atomic mass is 9.95. The van der Waals surface area contributed by atoms with E-state index in [0.717, 1.165) is 9.87 Å². The molecule has 0 bridgehead atoms. The Bertz CT molecular complexity index is 1230. The fourth-order valence-corrected chi connectivity index (χ4v) is 5.62. The minimum absolute atomic E-state index is 0.0823. The normalized spacial score (nSPS) is 19.2. The lowest BCUT2D eigenvalue weighted by molar-refractivity contribution is -0.152. The highest BCUT2D eigenvalue weighted by Gasteiger charge is 2.50. The number of furan rings is 1. The van der Waals surface area contributed by atoms with Crippen molar-refractivity contribution in [2.75, 3.05) is 19.6 Å². The summed E-state index contributed by atoms with van der Waals surface area (Å²) in [6, 6.07) is 20.9. The second-order valence-corrected chi connectivity index (χ2v) is 10.3. The van der Waals surface area contributed by atoms with Crippen molar-refractivity contribution in [1.29, 1.82) is 0 Å². The van der Waals surface area contributed by atoms with Crippen LogP contribution in [0.4, 0.5) is 0 Å². The number of rotatable bonds is 8. The summed E-state index contributed by atoms with van der Waals surface area (Å²) in [7, 11) is -3.96. The maximum absolute atomic E-state index is 13.5. The van der Waals surface area contributed by atoms with Gasteiger partial charge in [0.25, 0.3) is 0 Å². The molecule has 1 aromatic heterocycles. The van der Waals surface area contributed by atoms with E-state index in [1.807, 2.05) is 30.3 Å². The number of hydrogen-bond donors (Lipinski definition) is 1. The average Bonchev–Trinajstić information content (AvgIpc) is 3.36. The Balaban J connectivity index is 1.61. The summed E-state index contributed by atoms with van der Waals surface area (Å²) in [5.41, 5.74) is -0.504. The van der Waals surface area contributed by atoms with Gasteiger partial charge in [-0.25, -0.2) is 8.42 Å². The van der Waals surface area contributed by atoms with Crippen molar-refractivity contribution in [3.05, 3.63) is 90.4 Å². The molecule has 1 saturated heterocycles. The van der Waals surface area contributed by atoms with Crippen LogP contribution in [0.15, 0.2) is 88.4 Å². The fourth-order valence-electron chi connectivity index (χ4n) is 4.12. The number of carbonyl (C=O) groups excluding carboxylic acids is 2. The SMILES string of the molecule is C[C@]1(C(=O)NCc2ccccc2)CN(S(=O)(=O)c2ccccc2)CC(=O)N1CCc1ccco1. The van der Waals surface area contributed by atoms with E-state index in [1.54, 1.807) is 43.5 Å². The number of piperazine rings is 1. The van der Waals surface area contributed by atoms with Gasteiger partial charge in [0.05, 0.1) is 17.7 Å². The first kappa shape index (κ1) is 23.7. The van der Waals surface area contributed by atoms with Crippen molar-refractivity contribution in [2.45, 2.75) is 30.3 Å². The highest BCUT2D eigenvalue weighted by molar-refractivity contribution is 7.89. The maximum atomic E-state index is 13.5. The number of nitrogens with zero attached hydrogens (tertiary/aromatic N) is 2. The molecule has 1 aliphatic heterocycles. The second-order valence-electron chi connectivity index (χ2n) is 8.40. The molecule has 178 valence electrons. The summed E-state index contributed by atoms with van der Waals surface area (Å²) in [4.78, 5) is 28.3. The Hall–Kier alpha value is -3.43. The topological polar surface area (TPSA) is 99.9 Å². The molecule has 2 amide bonds. The largest absolute Gasteiger partial charge is 0.469 e. The van der Waals surface area contributed by atoms with Gasteiger partial charge in [-0.1, -0.05) is 48.5 Å². The third-order valence-electron chi connectivity index (χ3n) is 6.02. The van der Waals surface area contributed by atoms with Crippen LogP contribution in [0.3, 0.4) is 0 Å². The zero-order chi connectivity index (χ0) is 24.2. The smallest absolute Gasteiger partial charge is 0.247 e. The molecule has 0 unspecified atom stereocenters. The first-order valence-electron chi connectivity index (χ1n) is 11.0. The molecule has 4 rings (SSSR count). The summed E-state index contributed by atoms with van der Waals surface area (Å²) in [5, 5.41) is 2.89. The molecule has 1 fully saturated rings. The molecule has 0 spiro atoms. The van der Waals surface area contributed by atoms with E-state index in [1.165, 1.54) is 17.0 Å². The molecule has 0 aliphatic carbocycles. The van der Waals surface area contributed by atoms with Crippen LogP contribution in [0, 0.1) is 0 Å². The summed E-state index contributed by atoms with van der Waals surface area (Å²) < 4.78 is 33.0. The lowest BCUT2D eigenvalue weighted by Crippen LogP contribution is -2.69. The summed E-state index contributed by atoms with van der Waals surface area (Å²) in [6.45, 7) is 1.60. The molecule has 0 saturated carbocycles. The fraction of sp³-hybridized carbons (Fsp3) is 0.280. The minimum Gasteiger partial charge on any atom is -0.469 e. The Kier molecular flexibility index (Phi) is 6.85. The van der Waals surface area contributed by atoms with Gasteiger partial charge in [0, 0.05) is 26.1 Å². The van der Waals surface area contributed by atoms with Gasteiger partial charge in [-0.3, -0.25) is 9.59 Å². The molecule has 3 aromatic rings. The van der Waals surface area contributed by atoms with E-state index in [0.29, 0.717) is 12.2 Å². The van der Waals surface area contributed by atoms with E-state index in [2.05, 4.69) is 5.32 Å². The average molecular weight is 482 g/mol. The summed E-state index contributed by atoms with van der Waals surface area (Å²) in [5.74, 6) is -0.175. The summed E-state index contributed by atoms with van der Waals surface area (Å²) in [6.07, 6.45) is 1.96. The molecule has 9 heteroatoms. The van der Waals surface area contributed by atoms with Gasteiger partial charge in [0.15, 0.2) is 0 Å². The van der Waals surface area contributed by atoms with Crippen LogP contribution in [0.25, 0.3) is 0 Å². The van der Waals surface area contributed by atoms with Crippen LogP contribution >= 0.6 is 0 Å². The predicted octanol–water partition coefficient (Wildman–Crippen LogP) is 2.43. The number of amides is 2. The van der Waals surface area contributed by atoms with E-state index < -0.39 is 27.4 Å². The van der Waals surface area contributed by atoms with Gasteiger partial charge in [0.1, 0.15) is 11.3 Å². The number of hydrogen-bond acceptors (Lipinski definition) is 5. The Morgan fingerprint density at radius 1 is 1.03 bits per heavy atom. The van der Waals surface area contributed by atoms with E-state index in [9.17, 15) is 18.0 Å². The van der Waals surface area contributed by atoms with Crippen LogP contribution in [0.5, 0.6) is 0 Å². The van der Waals surface area contributed by atoms with Gasteiger partial charge < -0.3 is 14.6 Å². The van der Waals surface area contributed by atoms with Crippen LogP contribution in [-0.4, -0.2) is 54.6 Å². The van der Waals surface area contributed by atoms with Gasteiger partial charge in [-0.05, 0) is 36.8 Å². The minimum atomic E-state index is -3.96. The monoisotopic (exact) mass is 481 g/mol. The number of sulfonamides is 1. The molecule has 8 nitrogen and oxygen atoms in total. The van der Waals surface area contributed by atoms with Gasteiger partial charge >= 0.3 is 0 Å².